The molecule has 0 aliphatic rings. The number of hydrogen-bond donors (Lipinski definition) is 0. The summed E-state index contributed by atoms with van der Waals surface area (Å²) < 4.78 is 5.88. The van der Waals surface area contributed by atoms with Crippen LogP contribution in [0.2, 0.25) is 18.1 Å². The molecule has 12 heavy (non-hydrogen) atoms. The molecule has 0 heterocycles. The van der Waals surface area contributed by atoms with Crippen molar-refractivity contribution in [2.75, 3.05) is 6.61 Å². The van der Waals surface area contributed by atoms with E-state index in [1.807, 2.05) is 6.92 Å². The van der Waals surface area contributed by atoms with Crippen molar-refractivity contribution < 1.29 is 4.43 Å². The van der Waals surface area contributed by atoms with Crippen molar-refractivity contribution in [2.45, 2.75) is 45.8 Å². The third kappa shape index (κ3) is 3.42. The van der Waals surface area contributed by atoms with E-state index in [0.717, 1.165) is 0 Å². The first-order valence-corrected chi connectivity index (χ1v) is 7.31. The summed E-state index contributed by atoms with van der Waals surface area (Å²) in [6, 6.07) is 3.64. The van der Waals surface area contributed by atoms with E-state index < -0.39 is 8.32 Å². The van der Waals surface area contributed by atoms with Gasteiger partial charge in [0.25, 0.3) is 0 Å². The van der Waals surface area contributed by atoms with Crippen molar-refractivity contribution >= 4 is 8.32 Å². The van der Waals surface area contributed by atoms with Crippen molar-refractivity contribution in [1.82, 2.24) is 0 Å². The highest BCUT2D eigenvalue weighted by Crippen LogP contribution is 2.20. The maximum absolute atomic E-state index is 5.88. The Morgan fingerprint density at radius 1 is 1.08 bits per heavy atom. The highest BCUT2D eigenvalue weighted by Gasteiger charge is 2.27. The molecule has 0 saturated carbocycles. The summed E-state index contributed by atoms with van der Waals surface area (Å²) in [6.45, 7) is 9.20. The fourth-order valence-corrected chi connectivity index (χ4v) is 3.81. The molecule has 0 aliphatic heterocycles. The highest BCUT2D eigenvalue weighted by molar-refractivity contribution is 6.73. The molecule has 0 saturated heterocycles. The monoisotopic (exact) mass is 184 g/mol. The molecular weight excluding hydrogens is 164 g/mol. The zero-order chi connectivity index (χ0) is 9.45. The first-order valence-electron chi connectivity index (χ1n) is 4.78. The Balaban J connectivity index is 3.98. The predicted molar refractivity (Wildman–Crippen MR) is 56.6 cm³/mol. The molecule has 0 aromatic rings. The van der Waals surface area contributed by atoms with Crippen LogP contribution in [-0.4, -0.2) is 14.9 Å². The van der Waals surface area contributed by atoms with Gasteiger partial charge in [-0.1, -0.05) is 26.7 Å². The molecule has 0 rings (SSSR count). The van der Waals surface area contributed by atoms with Crippen LogP contribution >= 0.6 is 0 Å². The molecule has 0 fully saturated rings. The third-order valence-electron chi connectivity index (χ3n) is 2.56. The van der Waals surface area contributed by atoms with Crippen LogP contribution in [0.25, 0.3) is 0 Å². The van der Waals surface area contributed by atoms with Crippen molar-refractivity contribution in [3.05, 3.63) is 0 Å². The van der Waals surface area contributed by atoms with E-state index in [0.29, 0.717) is 6.61 Å². The minimum atomic E-state index is -1.36. The van der Waals surface area contributed by atoms with Crippen LogP contribution in [0.1, 0.15) is 27.7 Å². The van der Waals surface area contributed by atoms with Gasteiger partial charge in [0.2, 0.25) is 0 Å². The third-order valence-corrected chi connectivity index (χ3v) is 7.18. The first-order chi connectivity index (χ1) is 5.74. The zero-order valence-electron chi connectivity index (χ0n) is 8.74. The summed E-state index contributed by atoms with van der Waals surface area (Å²) in [5.74, 6) is 5.83. The van der Waals surface area contributed by atoms with Gasteiger partial charge in [-0.25, -0.2) is 0 Å². The molecule has 0 aromatic carbocycles. The van der Waals surface area contributed by atoms with Crippen molar-refractivity contribution in [3.63, 3.8) is 0 Å². The lowest BCUT2D eigenvalue weighted by molar-refractivity contribution is 0.350. The van der Waals surface area contributed by atoms with Gasteiger partial charge in [-0.05, 0) is 25.1 Å². The Morgan fingerprint density at radius 3 is 1.92 bits per heavy atom. The first kappa shape index (κ1) is 11.7. The Labute approximate surface area is 77.6 Å². The fourth-order valence-electron chi connectivity index (χ4n) is 1.32. The summed E-state index contributed by atoms with van der Waals surface area (Å²) >= 11 is 0. The lowest BCUT2D eigenvalue weighted by atomic mass is 10.6. The van der Waals surface area contributed by atoms with Crippen molar-refractivity contribution in [3.8, 4) is 11.8 Å². The average molecular weight is 184 g/mol. The summed E-state index contributed by atoms with van der Waals surface area (Å²) in [5.41, 5.74) is 0. The molecule has 70 valence electrons. The maximum atomic E-state index is 5.88. The summed E-state index contributed by atoms with van der Waals surface area (Å²) in [7, 11) is -1.36. The minimum absolute atomic E-state index is 0.637. The molecule has 0 unspecified atom stereocenters. The molecule has 0 bridgehead atoms. The van der Waals surface area contributed by atoms with Gasteiger partial charge in [0.05, 0.1) is 6.61 Å². The molecule has 0 aromatic heterocycles. The summed E-state index contributed by atoms with van der Waals surface area (Å²) in [6.07, 6.45) is 0. The smallest absolute Gasteiger partial charge is 0.193 e. The SMILES string of the molecule is CC#CCO[Si](CC)(CC)CC. The Kier molecular flexibility index (Phi) is 6.14. The van der Waals surface area contributed by atoms with Gasteiger partial charge in [0.15, 0.2) is 8.32 Å². The highest BCUT2D eigenvalue weighted by atomic mass is 28.4. The van der Waals surface area contributed by atoms with Gasteiger partial charge < -0.3 is 4.43 Å². The minimum Gasteiger partial charge on any atom is -0.406 e. The second kappa shape index (κ2) is 6.27. The quantitative estimate of drug-likeness (QED) is 0.471. The van der Waals surface area contributed by atoms with Crippen LogP contribution in [0, 0.1) is 11.8 Å². The zero-order valence-corrected chi connectivity index (χ0v) is 9.74. The van der Waals surface area contributed by atoms with Crippen LogP contribution in [0.15, 0.2) is 0 Å². The van der Waals surface area contributed by atoms with E-state index >= 15 is 0 Å². The molecule has 0 spiro atoms. The molecule has 2 heteroatoms. The Morgan fingerprint density at radius 2 is 1.58 bits per heavy atom. The summed E-state index contributed by atoms with van der Waals surface area (Å²) in [5, 5.41) is 0. The van der Waals surface area contributed by atoms with Gasteiger partial charge in [-0.2, -0.15) is 0 Å². The predicted octanol–water partition coefficient (Wildman–Crippen LogP) is 3.03. The van der Waals surface area contributed by atoms with Crippen molar-refractivity contribution in [2.24, 2.45) is 0 Å². The van der Waals surface area contributed by atoms with Crippen LogP contribution in [-0.2, 0) is 4.43 Å². The number of rotatable bonds is 5. The fraction of sp³-hybridized carbons (Fsp3) is 0.800. The van der Waals surface area contributed by atoms with Gasteiger partial charge in [0, 0.05) is 0 Å². The van der Waals surface area contributed by atoms with E-state index in [4.69, 9.17) is 4.43 Å². The van der Waals surface area contributed by atoms with Gasteiger partial charge in [-0.15, -0.1) is 5.92 Å². The second-order valence-electron chi connectivity index (χ2n) is 2.96. The lowest BCUT2D eigenvalue weighted by Gasteiger charge is -2.26. The molecule has 0 aliphatic carbocycles. The van der Waals surface area contributed by atoms with Crippen LogP contribution in [0.3, 0.4) is 0 Å². The van der Waals surface area contributed by atoms with Crippen molar-refractivity contribution in [1.29, 1.82) is 0 Å². The van der Waals surface area contributed by atoms with E-state index in [9.17, 15) is 0 Å². The second-order valence-corrected chi connectivity index (χ2v) is 7.74. The standard InChI is InChI=1S/C10H20OSi/c1-5-9-10-11-12(6-2,7-3)8-4/h6-8,10H2,1-4H3. The molecule has 0 atom stereocenters. The molecule has 0 amide bonds. The van der Waals surface area contributed by atoms with E-state index in [2.05, 4.69) is 32.6 Å². The average Bonchev–Trinajstić information content (AvgIpc) is 2.14. The molecule has 1 nitrogen and oxygen atoms in total. The van der Waals surface area contributed by atoms with E-state index in [1.165, 1.54) is 18.1 Å². The van der Waals surface area contributed by atoms with Crippen LogP contribution in [0.4, 0.5) is 0 Å². The van der Waals surface area contributed by atoms with Gasteiger partial charge >= 0.3 is 0 Å². The summed E-state index contributed by atoms with van der Waals surface area (Å²) in [4.78, 5) is 0. The normalized spacial score (nSPS) is 10.7. The van der Waals surface area contributed by atoms with Crippen LogP contribution in [0.5, 0.6) is 0 Å². The largest absolute Gasteiger partial charge is 0.406 e. The number of hydrogen-bond acceptors (Lipinski definition) is 1. The van der Waals surface area contributed by atoms with Gasteiger partial charge in [0.1, 0.15) is 0 Å². The topological polar surface area (TPSA) is 9.23 Å². The lowest BCUT2D eigenvalue weighted by Crippen LogP contribution is -2.35. The van der Waals surface area contributed by atoms with E-state index in [1.54, 1.807) is 0 Å². The maximum Gasteiger partial charge on any atom is 0.193 e. The molecule has 0 radical (unpaired) electrons. The molecule has 0 N–H and O–H groups in total. The van der Waals surface area contributed by atoms with Crippen LogP contribution < -0.4 is 0 Å². The molecular formula is C10H20OSi. The van der Waals surface area contributed by atoms with E-state index in [-0.39, 0.29) is 0 Å². The Bertz CT molecular complexity index is 154. The Hall–Kier alpha value is -0.263. The van der Waals surface area contributed by atoms with Gasteiger partial charge in [-0.3, -0.25) is 0 Å².